The number of anilines is 1. The second-order valence-corrected chi connectivity index (χ2v) is 13.0. The topological polar surface area (TPSA) is 52.9 Å². The van der Waals surface area contributed by atoms with Crippen LogP contribution in [-0.2, 0) is 4.79 Å². The molecular formula is C35H44N2O2. The molecule has 2 saturated carbocycles. The maximum atomic E-state index is 13.8. The quantitative estimate of drug-likeness (QED) is 0.250. The lowest BCUT2D eigenvalue weighted by molar-refractivity contribution is -0.132. The number of rotatable bonds is 4. The number of oxime groups is 1. The van der Waals surface area contributed by atoms with E-state index in [2.05, 4.69) is 66.1 Å². The standard InChI is InChI=1S/C35H44N2O2/c1-5-16-35(32(38)6-2)17-15-31-29-20-23(3)28-21-25(36-39)11-14-27(28)33(29)30(22-34(31,35)4)24-9-12-26(13-10-24)37-18-7-8-19-37/h9-10,12-13,21,23,29-31,39H,6-8,11,14-15,17-20,22H2,1-4H3/t23?,29-,30+,31-,34-,35+/m0/s1. The average molecular weight is 525 g/mol. The van der Waals surface area contributed by atoms with Crippen LogP contribution in [-0.4, -0.2) is 29.8 Å². The molecular weight excluding hydrogens is 480 g/mol. The number of hydrogen-bond acceptors (Lipinski definition) is 4. The molecule has 0 amide bonds. The molecule has 1 saturated heterocycles. The monoisotopic (exact) mass is 524 g/mol. The highest BCUT2D eigenvalue weighted by Gasteiger charge is 2.65. The van der Waals surface area contributed by atoms with Gasteiger partial charge in [0.05, 0.1) is 11.1 Å². The number of Topliss-reactive ketones (excluding diaryl/α,β-unsaturated/α-hetero) is 1. The van der Waals surface area contributed by atoms with Crippen LogP contribution in [0.25, 0.3) is 0 Å². The third kappa shape index (κ3) is 3.94. The molecule has 4 heteroatoms. The molecule has 6 rings (SSSR count). The molecule has 0 bridgehead atoms. The van der Waals surface area contributed by atoms with Crippen molar-refractivity contribution in [1.82, 2.24) is 0 Å². The van der Waals surface area contributed by atoms with Gasteiger partial charge in [0.1, 0.15) is 0 Å². The molecule has 1 heterocycles. The van der Waals surface area contributed by atoms with Crippen molar-refractivity contribution in [3.05, 3.63) is 52.6 Å². The molecule has 6 atom stereocenters. The van der Waals surface area contributed by atoms with Gasteiger partial charge in [0.15, 0.2) is 5.78 Å². The zero-order valence-corrected chi connectivity index (χ0v) is 24.2. The van der Waals surface area contributed by atoms with Crippen molar-refractivity contribution in [3.63, 3.8) is 0 Å². The van der Waals surface area contributed by atoms with E-state index in [0.717, 1.165) is 57.3 Å². The Morgan fingerprint density at radius 2 is 1.92 bits per heavy atom. The van der Waals surface area contributed by atoms with Crippen LogP contribution in [0.15, 0.2) is 52.2 Å². The van der Waals surface area contributed by atoms with Gasteiger partial charge in [0.25, 0.3) is 0 Å². The number of allylic oxidation sites excluding steroid dienone is 4. The van der Waals surface area contributed by atoms with E-state index in [0.29, 0.717) is 30.0 Å². The van der Waals surface area contributed by atoms with E-state index in [9.17, 15) is 10.0 Å². The van der Waals surface area contributed by atoms with E-state index in [-0.39, 0.29) is 11.3 Å². The summed E-state index contributed by atoms with van der Waals surface area (Å²) < 4.78 is 0. The molecule has 1 aliphatic heterocycles. The minimum absolute atomic E-state index is 0.149. The Bertz CT molecular complexity index is 1300. The summed E-state index contributed by atoms with van der Waals surface area (Å²) in [6, 6.07) is 9.42. The van der Waals surface area contributed by atoms with Crippen LogP contribution in [0.1, 0.15) is 97.0 Å². The minimum Gasteiger partial charge on any atom is -0.411 e. The van der Waals surface area contributed by atoms with E-state index in [1.807, 2.05) is 13.8 Å². The SMILES string of the molecule is CC#C[C@]1(C(=O)CC)CC[C@H]2[C@@H]3CC(C)C4=CC(=NO)CCC4=C3[C@@H](c3ccc(N4CCCC4)cc3)C[C@@]21C. The maximum absolute atomic E-state index is 13.8. The Morgan fingerprint density at radius 3 is 2.59 bits per heavy atom. The van der Waals surface area contributed by atoms with Crippen molar-refractivity contribution in [3.8, 4) is 11.8 Å². The van der Waals surface area contributed by atoms with Crippen molar-refractivity contribution in [2.24, 2.45) is 33.7 Å². The smallest absolute Gasteiger partial charge is 0.151 e. The first-order chi connectivity index (χ1) is 18.9. The van der Waals surface area contributed by atoms with Gasteiger partial charge in [-0.3, -0.25) is 4.79 Å². The fourth-order valence-electron chi connectivity index (χ4n) is 9.51. The summed E-state index contributed by atoms with van der Waals surface area (Å²) in [5.41, 5.74) is 7.34. The van der Waals surface area contributed by atoms with Gasteiger partial charge in [0, 0.05) is 31.1 Å². The predicted octanol–water partition coefficient (Wildman–Crippen LogP) is 7.68. The van der Waals surface area contributed by atoms with Gasteiger partial charge in [-0.2, -0.15) is 0 Å². The second-order valence-electron chi connectivity index (χ2n) is 13.0. The summed E-state index contributed by atoms with van der Waals surface area (Å²) in [5.74, 6) is 8.75. The zero-order valence-electron chi connectivity index (χ0n) is 24.2. The summed E-state index contributed by atoms with van der Waals surface area (Å²) in [5, 5.41) is 13.2. The van der Waals surface area contributed by atoms with Gasteiger partial charge in [-0.15, -0.1) is 5.92 Å². The molecule has 5 aliphatic rings. The maximum Gasteiger partial charge on any atom is 0.151 e. The molecule has 206 valence electrons. The Hall–Kier alpha value is -2.80. The lowest BCUT2D eigenvalue weighted by atomic mass is 9.47. The number of fused-ring (bicyclic) bond motifs is 4. The van der Waals surface area contributed by atoms with E-state index >= 15 is 0 Å². The van der Waals surface area contributed by atoms with Crippen molar-refractivity contribution < 1.29 is 10.0 Å². The fourth-order valence-corrected chi connectivity index (χ4v) is 9.51. The molecule has 39 heavy (non-hydrogen) atoms. The number of benzene rings is 1. The van der Waals surface area contributed by atoms with Crippen LogP contribution in [0.2, 0.25) is 0 Å². The van der Waals surface area contributed by atoms with Crippen molar-refractivity contribution in [2.45, 2.75) is 91.4 Å². The zero-order chi connectivity index (χ0) is 27.4. The van der Waals surface area contributed by atoms with Gasteiger partial charge in [-0.1, -0.05) is 49.6 Å². The van der Waals surface area contributed by atoms with Crippen LogP contribution >= 0.6 is 0 Å². The Balaban J connectivity index is 1.51. The number of nitrogens with zero attached hydrogens (tertiary/aromatic N) is 2. The molecule has 1 unspecified atom stereocenters. The predicted molar refractivity (Wildman–Crippen MR) is 158 cm³/mol. The van der Waals surface area contributed by atoms with Crippen LogP contribution in [0.4, 0.5) is 5.69 Å². The van der Waals surface area contributed by atoms with E-state index in [4.69, 9.17) is 0 Å². The van der Waals surface area contributed by atoms with Gasteiger partial charge >= 0.3 is 0 Å². The van der Waals surface area contributed by atoms with Crippen molar-refractivity contribution in [2.75, 3.05) is 18.0 Å². The molecule has 1 N–H and O–H groups in total. The fraction of sp³-hybridized carbons (Fsp3) is 0.600. The highest BCUT2D eigenvalue weighted by Crippen LogP contribution is 2.70. The number of ketones is 1. The molecule has 1 aromatic rings. The Labute approximate surface area is 234 Å². The summed E-state index contributed by atoms with van der Waals surface area (Å²) in [6.07, 6.45) is 11.0. The molecule has 0 aromatic heterocycles. The Morgan fingerprint density at radius 1 is 1.18 bits per heavy atom. The first kappa shape index (κ1) is 26.4. The average Bonchev–Trinajstić information content (AvgIpc) is 3.60. The lowest BCUT2D eigenvalue weighted by Gasteiger charge is -2.55. The third-order valence-electron chi connectivity index (χ3n) is 11.3. The molecule has 3 fully saturated rings. The largest absolute Gasteiger partial charge is 0.411 e. The molecule has 0 spiro atoms. The lowest BCUT2D eigenvalue weighted by Crippen LogP contribution is -2.51. The first-order valence-corrected chi connectivity index (χ1v) is 15.3. The number of hydrogen-bond donors (Lipinski definition) is 1. The van der Waals surface area contributed by atoms with Crippen molar-refractivity contribution in [1.29, 1.82) is 0 Å². The number of carbonyl (C=O) groups excluding carboxylic acids is 1. The molecule has 4 nitrogen and oxygen atoms in total. The van der Waals surface area contributed by atoms with Gasteiger partial charge < -0.3 is 10.1 Å². The van der Waals surface area contributed by atoms with Crippen LogP contribution in [0, 0.1) is 40.4 Å². The summed E-state index contributed by atoms with van der Waals surface area (Å²) in [4.78, 5) is 16.3. The van der Waals surface area contributed by atoms with Gasteiger partial charge in [-0.25, -0.2) is 0 Å². The first-order valence-electron chi connectivity index (χ1n) is 15.3. The Kier molecular flexibility index (Phi) is 6.77. The second kappa shape index (κ2) is 9.99. The number of carbonyl (C=O) groups is 1. The van der Waals surface area contributed by atoms with Gasteiger partial charge in [0.2, 0.25) is 0 Å². The van der Waals surface area contributed by atoms with Crippen LogP contribution < -0.4 is 4.90 Å². The normalized spacial score (nSPS) is 36.6. The van der Waals surface area contributed by atoms with Crippen LogP contribution in [0.5, 0.6) is 0 Å². The molecule has 1 aromatic carbocycles. The third-order valence-corrected chi connectivity index (χ3v) is 11.3. The van der Waals surface area contributed by atoms with E-state index in [1.54, 1.807) is 5.57 Å². The highest BCUT2D eigenvalue weighted by atomic mass is 16.4. The van der Waals surface area contributed by atoms with Crippen LogP contribution in [0.3, 0.4) is 0 Å². The van der Waals surface area contributed by atoms with Gasteiger partial charge in [-0.05, 0) is 116 Å². The highest BCUT2D eigenvalue weighted by molar-refractivity contribution is 5.97. The van der Waals surface area contributed by atoms with E-state index in [1.165, 1.54) is 35.2 Å². The summed E-state index contributed by atoms with van der Waals surface area (Å²) in [6.45, 7) is 11.0. The summed E-state index contributed by atoms with van der Waals surface area (Å²) in [7, 11) is 0. The summed E-state index contributed by atoms with van der Waals surface area (Å²) >= 11 is 0. The molecule has 4 aliphatic carbocycles. The van der Waals surface area contributed by atoms with E-state index < -0.39 is 5.41 Å². The minimum atomic E-state index is -0.548. The van der Waals surface area contributed by atoms with Crippen molar-refractivity contribution >= 4 is 17.2 Å². The molecule has 0 radical (unpaired) electrons.